The van der Waals surface area contributed by atoms with Crippen LogP contribution in [0.15, 0.2) is 65.1 Å². The van der Waals surface area contributed by atoms with Crippen molar-refractivity contribution in [3.8, 4) is 22.6 Å². The van der Waals surface area contributed by atoms with Crippen molar-refractivity contribution in [3.05, 3.63) is 71.9 Å². The van der Waals surface area contributed by atoms with Gasteiger partial charge in [0.05, 0.1) is 22.8 Å². The van der Waals surface area contributed by atoms with Crippen molar-refractivity contribution in [2.24, 2.45) is 0 Å². The molecule has 34 heavy (non-hydrogen) atoms. The van der Waals surface area contributed by atoms with Gasteiger partial charge in [-0.2, -0.15) is 8.75 Å². The largest absolute Gasteiger partial charge is 0.477 e. The molecule has 7 rings (SSSR count). The molecule has 3 aromatic heterocycles. The lowest BCUT2D eigenvalue weighted by Crippen LogP contribution is -2.10. The molecule has 3 aromatic carbocycles. The van der Waals surface area contributed by atoms with E-state index >= 15 is 0 Å². The Bertz CT molecular complexity index is 1760. The Labute approximate surface area is 195 Å². The molecule has 8 nitrogen and oxygen atoms in total. The lowest BCUT2D eigenvalue weighted by molar-refractivity contribution is 0.0687. The predicted octanol–water partition coefficient (Wildman–Crippen LogP) is 5.53. The fraction of sp³-hybridized carbons (Fsp3) is 0.0800. The molecule has 0 saturated heterocycles. The van der Waals surface area contributed by atoms with Gasteiger partial charge < -0.3 is 23.6 Å². The second kappa shape index (κ2) is 7.06. The van der Waals surface area contributed by atoms with Gasteiger partial charge in [0.2, 0.25) is 6.79 Å². The molecule has 4 heterocycles. The number of carbonyl (C=O) groups is 1. The number of hydrogen-bond acceptors (Lipinski definition) is 7. The number of fused-ring (bicyclic) bond motifs is 5. The predicted molar refractivity (Wildman–Crippen MR) is 127 cm³/mol. The van der Waals surface area contributed by atoms with E-state index in [4.69, 9.17) is 13.9 Å². The third-order valence-corrected chi connectivity index (χ3v) is 6.65. The molecular formula is C25H15N3O5S. The van der Waals surface area contributed by atoms with Gasteiger partial charge in [-0.15, -0.1) is 0 Å². The van der Waals surface area contributed by atoms with Crippen LogP contribution in [0.3, 0.4) is 0 Å². The molecule has 0 amide bonds. The summed E-state index contributed by atoms with van der Waals surface area (Å²) >= 11 is 1.15. The van der Waals surface area contributed by atoms with Crippen LogP contribution >= 0.6 is 11.7 Å². The van der Waals surface area contributed by atoms with Gasteiger partial charge in [-0.1, -0.05) is 24.3 Å². The van der Waals surface area contributed by atoms with E-state index in [2.05, 4.69) is 8.75 Å². The average Bonchev–Trinajstić information content (AvgIpc) is 3.61. The number of para-hydroxylation sites is 1. The second-order valence-electron chi connectivity index (χ2n) is 8.05. The Morgan fingerprint density at radius 1 is 1.00 bits per heavy atom. The van der Waals surface area contributed by atoms with Crippen LogP contribution in [0.5, 0.6) is 11.5 Å². The molecule has 0 spiro atoms. The number of furan rings is 1. The van der Waals surface area contributed by atoms with Gasteiger partial charge in [-0.05, 0) is 47.5 Å². The minimum absolute atomic E-state index is 0.138. The highest BCUT2D eigenvalue weighted by molar-refractivity contribution is 7.00. The zero-order valence-corrected chi connectivity index (χ0v) is 18.3. The first kappa shape index (κ1) is 19.1. The molecule has 6 aromatic rings. The van der Waals surface area contributed by atoms with Crippen molar-refractivity contribution in [2.45, 2.75) is 6.54 Å². The second-order valence-corrected chi connectivity index (χ2v) is 8.57. The van der Waals surface area contributed by atoms with Gasteiger partial charge in [-0.25, -0.2) is 4.79 Å². The van der Waals surface area contributed by atoms with E-state index in [1.807, 2.05) is 53.1 Å². The smallest absolute Gasteiger partial charge is 0.353 e. The third-order valence-electron chi connectivity index (χ3n) is 6.10. The Hall–Kier alpha value is -4.37. The van der Waals surface area contributed by atoms with E-state index in [1.54, 1.807) is 12.1 Å². The van der Waals surface area contributed by atoms with Crippen molar-refractivity contribution < 1.29 is 23.8 Å². The molecule has 0 saturated carbocycles. The third kappa shape index (κ3) is 2.74. The molecule has 0 fully saturated rings. The van der Waals surface area contributed by atoms with Gasteiger partial charge in [0, 0.05) is 11.9 Å². The number of nitrogens with zero attached hydrogens (tertiary/aromatic N) is 3. The fourth-order valence-electron chi connectivity index (χ4n) is 4.63. The summed E-state index contributed by atoms with van der Waals surface area (Å²) in [6, 6.07) is 18.9. The van der Waals surface area contributed by atoms with Crippen LogP contribution in [-0.2, 0) is 6.54 Å². The minimum atomic E-state index is -1.04. The molecule has 1 N–H and O–H groups in total. The first-order valence-corrected chi connectivity index (χ1v) is 11.3. The van der Waals surface area contributed by atoms with Crippen molar-refractivity contribution in [1.82, 2.24) is 13.3 Å². The van der Waals surface area contributed by atoms with Crippen LogP contribution in [0.2, 0.25) is 0 Å². The monoisotopic (exact) mass is 469 g/mol. The Morgan fingerprint density at radius 2 is 1.85 bits per heavy atom. The van der Waals surface area contributed by atoms with Crippen molar-refractivity contribution in [2.75, 3.05) is 6.79 Å². The number of carboxylic acid groups (broad SMARTS) is 1. The number of carboxylic acids is 1. The van der Waals surface area contributed by atoms with Gasteiger partial charge in [0.15, 0.2) is 17.1 Å². The summed E-state index contributed by atoms with van der Waals surface area (Å²) in [7, 11) is 0. The highest BCUT2D eigenvalue weighted by Crippen LogP contribution is 2.44. The molecule has 1 aliphatic heterocycles. The summed E-state index contributed by atoms with van der Waals surface area (Å²) in [5.41, 5.74) is 5.81. The molecule has 166 valence electrons. The number of benzene rings is 3. The van der Waals surface area contributed by atoms with E-state index in [0.29, 0.717) is 40.3 Å². The van der Waals surface area contributed by atoms with E-state index in [1.165, 1.54) is 0 Å². The minimum Gasteiger partial charge on any atom is -0.477 e. The van der Waals surface area contributed by atoms with E-state index in [0.717, 1.165) is 39.2 Å². The van der Waals surface area contributed by atoms with Crippen molar-refractivity contribution in [3.63, 3.8) is 0 Å². The maximum atomic E-state index is 12.7. The molecule has 0 aliphatic carbocycles. The van der Waals surface area contributed by atoms with Crippen LogP contribution in [0.25, 0.3) is 44.2 Å². The highest BCUT2D eigenvalue weighted by atomic mass is 32.1. The van der Waals surface area contributed by atoms with Crippen molar-refractivity contribution in [1.29, 1.82) is 0 Å². The number of aromatic nitrogens is 3. The SMILES string of the molecule is O=C(O)c1c(-c2ccc3c(c2)OCO3)c2oc3ccccc3c2n1Cc1ccc2nsnc2c1. The van der Waals surface area contributed by atoms with E-state index in [-0.39, 0.29) is 12.5 Å². The summed E-state index contributed by atoms with van der Waals surface area (Å²) in [6.07, 6.45) is 0. The van der Waals surface area contributed by atoms with Gasteiger partial charge in [0.1, 0.15) is 22.3 Å². The Kier molecular flexibility index (Phi) is 3.97. The lowest BCUT2D eigenvalue weighted by Gasteiger charge is -2.10. The van der Waals surface area contributed by atoms with Crippen LogP contribution in [0.1, 0.15) is 16.1 Å². The fourth-order valence-corrected chi connectivity index (χ4v) is 5.15. The Morgan fingerprint density at radius 3 is 2.76 bits per heavy atom. The molecule has 0 radical (unpaired) electrons. The first-order chi connectivity index (χ1) is 16.7. The molecular weight excluding hydrogens is 454 g/mol. The maximum absolute atomic E-state index is 12.7. The summed E-state index contributed by atoms with van der Waals surface area (Å²) < 4.78 is 27.6. The van der Waals surface area contributed by atoms with Crippen molar-refractivity contribution >= 4 is 50.8 Å². The summed E-state index contributed by atoms with van der Waals surface area (Å²) in [5.74, 6) is 0.165. The van der Waals surface area contributed by atoms with Crippen LogP contribution in [0, 0.1) is 0 Å². The van der Waals surface area contributed by atoms with E-state index < -0.39 is 5.97 Å². The molecule has 9 heteroatoms. The quantitative estimate of drug-likeness (QED) is 0.362. The van der Waals surface area contributed by atoms with Crippen LogP contribution < -0.4 is 9.47 Å². The van der Waals surface area contributed by atoms with Gasteiger partial charge in [0.25, 0.3) is 0 Å². The zero-order valence-electron chi connectivity index (χ0n) is 17.5. The normalized spacial score (nSPS) is 12.8. The Balaban J connectivity index is 1.53. The first-order valence-electron chi connectivity index (χ1n) is 10.6. The van der Waals surface area contributed by atoms with Gasteiger partial charge >= 0.3 is 5.97 Å². The average molecular weight is 469 g/mol. The molecule has 0 bridgehead atoms. The maximum Gasteiger partial charge on any atom is 0.353 e. The van der Waals surface area contributed by atoms with Gasteiger partial charge in [-0.3, -0.25) is 0 Å². The number of aromatic carboxylic acids is 1. The van der Waals surface area contributed by atoms with E-state index in [9.17, 15) is 9.90 Å². The lowest BCUT2D eigenvalue weighted by atomic mass is 10.0. The molecule has 0 unspecified atom stereocenters. The molecule has 0 atom stereocenters. The van der Waals surface area contributed by atoms with Crippen LogP contribution in [0.4, 0.5) is 0 Å². The molecule has 1 aliphatic rings. The van der Waals surface area contributed by atoms with Crippen LogP contribution in [-0.4, -0.2) is 31.2 Å². The summed E-state index contributed by atoms with van der Waals surface area (Å²) in [5, 5.41) is 11.2. The highest BCUT2D eigenvalue weighted by Gasteiger charge is 2.29. The summed E-state index contributed by atoms with van der Waals surface area (Å²) in [4.78, 5) is 12.7. The topological polar surface area (TPSA) is 99.6 Å². The number of rotatable bonds is 4. The summed E-state index contributed by atoms with van der Waals surface area (Å²) in [6.45, 7) is 0.471. The number of hydrogen-bond donors (Lipinski definition) is 1. The zero-order chi connectivity index (χ0) is 22.8. The standard InChI is InChI=1S/C25H15N3O5S/c29-25(30)23-21(14-6-8-19-20(10-14)32-12-31-19)24-22(15-3-1-2-4-18(15)33-24)28(23)11-13-5-7-16-17(9-13)27-34-26-16/h1-10H,11-12H2,(H,29,30). The number of ether oxygens (including phenoxy) is 2.